The number of carbonyl (C=O) groups is 1. The third kappa shape index (κ3) is 3.33. The lowest BCUT2D eigenvalue weighted by Crippen LogP contribution is -2.40. The van der Waals surface area contributed by atoms with Crippen molar-refractivity contribution in [3.8, 4) is 0 Å². The van der Waals surface area contributed by atoms with Crippen LogP contribution in [-0.2, 0) is 11.2 Å². The lowest BCUT2D eigenvalue weighted by molar-refractivity contribution is -0.385. The van der Waals surface area contributed by atoms with Gasteiger partial charge in [0.1, 0.15) is 0 Å². The van der Waals surface area contributed by atoms with Crippen molar-refractivity contribution in [2.24, 2.45) is 5.92 Å². The molecule has 2 rings (SSSR count). The summed E-state index contributed by atoms with van der Waals surface area (Å²) in [5.74, 6) is 0.181. The number of amides is 1. The van der Waals surface area contributed by atoms with Crippen LogP contribution < -0.4 is 0 Å². The summed E-state index contributed by atoms with van der Waals surface area (Å²) in [6, 6.07) is 6.34. The quantitative estimate of drug-likeness (QED) is 0.666. The van der Waals surface area contributed by atoms with Crippen LogP contribution in [-0.4, -0.2) is 40.5 Å². The fourth-order valence-corrected chi connectivity index (χ4v) is 2.48. The minimum absolute atomic E-state index is 0.00825. The maximum atomic E-state index is 12.2. The van der Waals surface area contributed by atoms with E-state index in [0.717, 1.165) is 12.8 Å². The predicted octanol–water partition coefficient (Wildman–Crippen LogP) is 1.37. The average Bonchev–Trinajstić information content (AvgIpc) is 2.47. The number of carbonyl (C=O) groups excluding carboxylic acids is 1. The molecule has 0 aliphatic carbocycles. The van der Waals surface area contributed by atoms with Crippen molar-refractivity contribution in [1.82, 2.24) is 4.90 Å². The van der Waals surface area contributed by atoms with Crippen molar-refractivity contribution in [1.29, 1.82) is 0 Å². The first-order valence-electron chi connectivity index (χ1n) is 6.72. The Kier molecular flexibility index (Phi) is 4.68. The van der Waals surface area contributed by atoms with Gasteiger partial charge in [0.15, 0.2) is 0 Å². The van der Waals surface area contributed by atoms with Gasteiger partial charge in [-0.15, -0.1) is 0 Å². The number of hydrogen-bond acceptors (Lipinski definition) is 4. The second-order valence-electron chi connectivity index (χ2n) is 5.07. The molecule has 0 bridgehead atoms. The lowest BCUT2D eigenvalue weighted by atomic mass is 9.97. The maximum absolute atomic E-state index is 12.2. The highest BCUT2D eigenvalue weighted by atomic mass is 16.6. The predicted molar refractivity (Wildman–Crippen MR) is 73.2 cm³/mol. The van der Waals surface area contributed by atoms with Crippen LogP contribution in [0.25, 0.3) is 0 Å². The Morgan fingerprint density at radius 1 is 1.35 bits per heavy atom. The van der Waals surface area contributed by atoms with Gasteiger partial charge in [0.2, 0.25) is 5.91 Å². The molecule has 1 aromatic rings. The summed E-state index contributed by atoms with van der Waals surface area (Å²) in [6.07, 6.45) is 1.64. The van der Waals surface area contributed by atoms with Crippen molar-refractivity contribution < 1.29 is 14.8 Å². The molecular weight excluding hydrogens is 260 g/mol. The van der Waals surface area contributed by atoms with Gasteiger partial charge in [0, 0.05) is 31.3 Å². The molecule has 108 valence electrons. The summed E-state index contributed by atoms with van der Waals surface area (Å²) >= 11 is 0. The molecule has 0 saturated carbocycles. The number of nitro benzene ring substituents is 1. The van der Waals surface area contributed by atoms with Crippen LogP contribution in [0.2, 0.25) is 0 Å². The SMILES string of the molecule is O=C(Cc1ccccc1[N+](=O)[O-])N1CCC(CO)CC1. The van der Waals surface area contributed by atoms with Gasteiger partial charge in [-0.05, 0) is 18.8 Å². The molecule has 0 unspecified atom stereocenters. The van der Waals surface area contributed by atoms with Crippen molar-refractivity contribution in [2.75, 3.05) is 19.7 Å². The molecule has 1 heterocycles. The number of aliphatic hydroxyl groups excluding tert-OH is 1. The van der Waals surface area contributed by atoms with E-state index in [1.807, 2.05) is 0 Å². The van der Waals surface area contributed by atoms with E-state index in [-0.39, 0.29) is 30.5 Å². The van der Waals surface area contributed by atoms with E-state index in [0.29, 0.717) is 18.7 Å². The molecule has 1 aromatic carbocycles. The average molecular weight is 278 g/mol. The zero-order valence-corrected chi connectivity index (χ0v) is 11.2. The van der Waals surface area contributed by atoms with E-state index < -0.39 is 4.92 Å². The number of benzene rings is 1. The number of rotatable bonds is 4. The van der Waals surface area contributed by atoms with Gasteiger partial charge < -0.3 is 10.0 Å². The van der Waals surface area contributed by atoms with Crippen molar-refractivity contribution in [2.45, 2.75) is 19.3 Å². The van der Waals surface area contributed by atoms with Crippen LogP contribution in [0.15, 0.2) is 24.3 Å². The molecule has 0 atom stereocenters. The highest BCUT2D eigenvalue weighted by Gasteiger charge is 2.24. The first-order valence-corrected chi connectivity index (χ1v) is 6.72. The maximum Gasteiger partial charge on any atom is 0.273 e. The second kappa shape index (κ2) is 6.47. The molecule has 1 aliphatic rings. The molecule has 6 heteroatoms. The molecule has 1 aliphatic heterocycles. The highest BCUT2D eigenvalue weighted by molar-refractivity contribution is 5.80. The number of aliphatic hydroxyl groups is 1. The van der Waals surface area contributed by atoms with E-state index in [4.69, 9.17) is 5.11 Å². The Labute approximate surface area is 117 Å². The monoisotopic (exact) mass is 278 g/mol. The highest BCUT2D eigenvalue weighted by Crippen LogP contribution is 2.21. The molecule has 20 heavy (non-hydrogen) atoms. The topological polar surface area (TPSA) is 83.7 Å². The molecule has 0 aromatic heterocycles. The number of piperidine rings is 1. The molecule has 1 saturated heterocycles. The van der Waals surface area contributed by atoms with Crippen molar-refractivity contribution in [3.05, 3.63) is 39.9 Å². The summed E-state index contributed by atoms with van der Waals surface area (Å²) in [5.41, 5.74) is 0.442. The summed E-state index contributed by atoms with van der Waals surface area (Å²) < 4.78 is 0. The number of nitro groups is 1. The molecule has 0 radical (unpaired) electrons. The first kappa shape index (κ1) is 14.5. The molecule has 1 N–H and O–H groups in total. The second-order valence-corrected chi connectivity index (χ2v) is 5.07. The largest absolute Gasteiger partial charge is 0.396 e. The first-order chi connectivity index (χ1) is 9.61. The normalized spacial score (nSPS) is 16.1. The number of nitrogens with zero attached hydrogens (tertiary/aromatic N) is 2. The molecule has 0 spiro atoms. The molecule has 1 fully saturated rings. The smallest absolute Gasteiger partial charge is 0.273 e. The van der Waals surface area contributed by atoms with Crippen LogP contribution >= 0.6 is 0 Å². The summed E-state index contributed by atoms with van der Waals surface area (Å²) in [7, 11) is 0. The number of para-hydroxylation sites is 1. The zero-order chi connectivity index (χ0) is 14.5. The van der Waals surface area contributed by atoms with Gasteiger partial charge in [-0.25, -0.2) is 0 Å². The molecular formula is C14H18N2O4. The van der Waals surface area contributed by atoms with Gasteiger partial charge in [-0.2, -0.15) is 0 Å². The van der Waals surface area contributed by atoms with Crippen molar-refractivity contribution in [3.63, 3.8) is 0 Å². The fraction of sp³-hybridized carbons (Fsp3) is 0.500. The fourth-order valence-electron chi connectivity index (χ4n) is 2.48. The van der Waals surface area contributed by atoms with Crippen LogP contribution in [0.5, 0.6) is 0 Å². The van der Waals surface area contributed by atoms with E-state index in [1.165, 1.54) is 6.07 Å². The van der Waals surface area contributed by atoms with Gasteiger partial charge in [-0.3, -0.25) is 14.9 Å². The molecule has 1 amide bonds. The van der Waals surface area contributed by atoms with Crippen LogP contribution in [0.4, 0.5) is 5.69 Å². The van der Waals surface area contributed by atoms with Crippen LogP contribution in [0.1, 0.15) is 18.4 Å². The Morgan fingerprint density at radius 3 is 2.60 bits per heavy atom. The zero-order valence-electron chi connectivity index (χ0n) is 11.2. The van der Waals surface area contributed by atoms with Crippen molar-refractivity contribution >= 4 is 11.6 Å². The van der Waals surface area contributed by atoms with Gasteiger partial charge >= 0.3 is 0 Å². The van der Waals surface area contributed by atoms with Gasteiger partial charge in [0.05, 0.1) is 11.3 Å². The van der Waals surface area contributed by atoms with Crippen LogP contribution in [0, 0.1) is 16.0 Å². The standard InChI is InChI=1S/C14H18N2O4/c17-10-11-5-7-15(8-6-11)14(18)9-12-3-1-2-4-13(12)16(19)20/h1-4,11,17H,5-10H2. The minimum Gasteiger partial charge on any atom is -0.396 e. The Balaban J connectivity index is 2.00. The third-order valence-electron chi connectivity index (χ3n) is 3.76. The van der Waals surface area contributed by atoms with E-state index in [1.54, 1.807) is 23.1 Å². The van der Waals surface area contributed by atoms with Gasteiger partial charge in [0.25, 0.3) is 5.69 Å². The van der Waals surface area contributed by atoms with E-state index in [2.05, 4.69) is 0 Å². The summed E-state index contributed by atoms with van der Waals surface area (Å²) in [6.45, 7) is 1.39. The number of hydrogen-bond donors (Lipinski definition) is 1. The van der Waals surface area contributed by atoms with E-state index in [9.17, 15) is 14.9 Å². The summed E-state index contributed by atoms with van der Waals surface area (Å²) in [4.78, 5) is 24.4. The third-order valence-corrected chi connectivity index (χ3v) is 3.76. The lowest BCUT2D eigenvalue weighted by Gasteiger charge is -2.31. The Hall–Kier alpha value is -1.95. The number of likely N-dealkylation sites (tertiary alicyclic amines) is 1. The Morgan fingerprint density at radius 2 is 2.00 bits per heavy atom. The van der Waals surface area contributed by atoms with Gasteiger partial charge in [-0.1, -0.05) is 18.2 Å². The Bertz CT molecular complexity index is 496. The summed E-state index contributed by atoms with van der Waals surface area (Å²) in [5, 5.41) is 20.0. The minimum atomic E-state index is -0.458. The molecule has 6 nitrogen and oxygen atoms in total. The van der Waals surface area contributed by atoms with Crippen LogP contribution in [0.3, 0.4) is 0 Å². The van der Waals surface area contributed by atoms with E-state index >= 15 is 0 Å².